The van der Waals surface area contributed by atoms with E-state index in [9.17, 15) is 4.79 Å². The van der Waals surface area contributed by atoms with Crippen LogP contribution in [0.5, 0.6) is 0 Å². The second-order valence-electron chi connectivity index (χ2n) is 4.13. The Hall–Kier alpha value is -1.98. The molecule has 0 saturated heterocycles. The molecule has 6 heteroatoms. The molecule has 0 bridgehead atoms. The first-order chi connectivity index (χ1) is 8.28. The third-order valence-electron chi connectivity index (χ3n) is 3.06. The second kappa shape index (κ2) is 3.51. The highest BCUT2D eigenvalue weighted by molar-refractivity contribution is 5.85. The van der Waals surface area contributed by atoms with Gasteiger partial charge in [-0.3, -0.25) is 14.2 Å². The zero-order valence-electron chi connectivity index (χ0n) is 9.46. The summed E-state index contributed by atoms with van der Waals surface area (Å²) in [6.45, 7) is 2.19. The molecule has 0 aromatic carbocycles. The average Bonchev–Trinajstić information content (AvgIpc) is 3.04. The standard InChI is InChI=1S/C11H12N4O2/c1-2-17-10(16)11(3-4-11)9-14-13-8-7-12-5-6-15(8)9/h5-7H,2-4H2,1H3. The summed E-state index contributed by atoms with van der Waals surface area (Å²) in [7, 11) is 0. The molecule has 1 aliphatic rings. The van der Waals surface area contributed by atoms with Crippen molar-refractivity contribution in [2.24, 2.45) is 0 Å². The van der Waals surface area contributed by atoms with Crippen LogP contribution in [0, 0.1) is 0 Å². The lowest BCUT2D eigenvalue weighted by Crippen LogP contribution is -2.25. The number of nitrogens with zero attached hydrogens (tertiary/aromatic N) is 4. The summed E-state index contributed by atoms with van der Waals surface area (Å²) in [6, 6.07) is 0. The molecule has 0 amide bonds. The first kappa shape index (κ1) is 10.2. The van der Waals surface area contributed by atoms with E-state index in [1.165, 1.54) is 0 Å². The molecule has 6 nitrogen and oxygen atoms in total. The van der Waals surface area contributed by atoms with Gasteiger partial charge in [0.15, 0.2) is 11.5 Å². The molecule has 17 heavy (non-hydrogen) atoms. The van der Waals surface area contributed by atoms with Gasteiger partial charge >= 0.3 is 5.97 Å². The Morgan fingerprint density at radius 3 is 3.06 bits per heavy atom. The minimum absolute atomic E-state index is 0.203. The van der Waals surface area contributed by atoms with Crippen LogP contribution in [0.15, 0.2) is 18.6 Å². The van der Waals surface area contributed by atoms with Crippen molar-refractivity contribution in [3.05, 3.63) is 24.4 Å². The van der Waals surface area contributed by atoms with Crippen molar-refractivity contribution in [1.29, 1.82) is 0 Å². The van der Waals surface area contributed by atoms with Crippen molar-refractivity contribution < 1.29 is 9.53 Å². The number of carbonyl (C=O) groups excluding carboxylic acids is 1. The quantitative estimate of drug-likeness (QED) is 0.729. The minimum atomic E-state index is -0.587. The zero-order valence-corrected chi connectivity index (χ0v) is 9.46. The maximum atomic E-state index is 12.0. The van der Waals surface area contributed by atoms with Crippen molar-refractivity contribution in [1.82, 2.24) is 19.6 Å². The van der Waals surface area contributed by atoms with Gasteiger partial charge < -0.3 is 4.74 Å². The van der Waals surface area contributed by atoms with E-state index in [0.29, 0.717) is 18.1 Å². The molecule has 0 aliphatic heterocycles. The number of hydrogen-bond donors (Lipinski definition) is 0. The number of fused-ring (bicyclic) bond motifs is 1. The molecule has 0 atom stereocenters. The van der Waals surface area contributed by atoms with E-state index < -0.39 is 5.41 Å². The Balaban J connectivity index is 2.07. The van der Waals surface area contributed by atoms with Crippen LogP contribution in [-0.2, 0) is 14.9 Å². The molecule has 0 spiro atoms. The van der Waals surface area contributed by atoms with Crippen molar-refractivity contribution in [3.8, 4) is 0 Å². The second-order valence-corrected chi connectivity index (χ2v) is 4.13. The van der Waals surface area contributed by atoms with Crippen LogP contribution in [0.3, 0.4) is 0 Å². The molecular formula is C11H12N4O2. The highest BCUT2D eigenvalue weighted by Crippen LogP contribution is 2.48. The van der Waals surface area contributed by atoms with Crippen LogP contribution in [0.25, 0.3) is 5.65 Å². The third-order valence-corrected chi connectivity index (χ3v) is 3.06. The fraction of sp³-hybridized carbons (Fsp3) is 0.455. The molecule has 0 radical (unpaired) electrons. The van der Waals surface area contributed by atoms with E-state index in [0.717, 1.165) is 12.8 Å². The molecule has 88 valence electrons. The summed E-state index contributed by atoms with van der Waals surface area (Å²) < 4.78 is 6.91. The molecule has 0 N–H and O–H groups in total. The predicted molar refractivity (Wildman–Crippen MR) is 58.3 cm³/mol. The van der Waals surface area contributed by atoms with E-state index >= 15 is 0 Å². The van der Waals surface area contributed by atoms with Crippen LogP contribution in [0.2, 0.25) is 0 Å². The molecule has 1 fully saturated rings. The lowest BCUT2D eigenvalue weighted by Gasteiger charge is -2.11. The lowest BCUT2D eigenvalue weighted by atomic mass is 10.1. The van der Waals surface area contributed by atoms with Gasteiger partial charge in [0.2, 0.25) is 0 Å². The van der Waals surface area contributed by atoms with Crippen molar-refractivity contribution in [2.45, 2.75) is 25.2 Å². The molecule has 0 unspecified atom stereocenters. The lowest BCUT2D eigenvalue weighted by molar-refractivity contribution is -0.146. The van der Waals surface area contributed by atoms with E-state index in [-0.39, 0.29) is 5.97 Å². The predicted octanol–water partition coefficient (Wildman–Crippen LogP) is 0.719. The van der Waals surface area contributed by atoms with Gasteiger partial charge in [-0.25, -0.2) is 0 Å². The third kappa shape index (κ3) is 1.40. The van der Waals surface area contributed by atoms with Gasteiger partial charge in [0, 0.05) is 12.4 Å². The van der Waals surface area contributed by atoms with Crippen LogP contribution in [-0.4, -0.2) is 32.2 Å². The monoisotopic (exact) mass is 232 g/mol. The first-order valence-corrected chi connectivity index (χ1v) is 5.60. The zero-order chi connectivity index (χ0) is 11.9. The smallest absolute Gasteiger partial charge is 0.319 e. The Morgan fingerprint density at radius 1 is 1.53 bits per heavy atom. The Morgan fingerprint density at radius 2 is 2.35 bits per heavy atom. The van der Waals surface area contributed by atoms with Crippen molar-refractivity contribution in [3.63, 3.8) is 0 Å². The van der Waals surface area contributed by atoms with Crippen molar-refractivity contribution in [2.75, 3.05) is 6.61 Å². The number of hydrogen-bond acceptors (Lipinski definition) is 5. The number of esters is 1. The topological polar surface area (TPSA) is 69.4 Å². The molecule has 2 heterocycles. The normalized spacial score (nSPS) is 17.0. The molecule has 1 aliphatic carbocycles. The first-order valence-electron chi connectivity index (χ1n) is 5.60. The van der Waals surface area contributed by atoms with Gasteiger partial charge in [0.05, 0.1) is 12.8 Å². The highest BCUT2D eigenvalue weighted by atomic mass is 16.5. The summed E-state index contributed by atoms with van der Waals surface area (Å²) >= 11 is 0. The fourth-order valence-electron chi connectivity index (χ4n) is 1.99. The minimum Gasteiger partial charge on any atom is -0.465 e. The summed E-state index contributed by atoms with van der Waals surface area (Å²) in [5.41, 5.74) is 0.0645. The number of ether oxygens (including phenoxy) is 1. The number of rotatable bonds is 3. The Labute approximate surface area is 97.6 Å². The fourth-order valence-corrected chi connectivity index (χ4v) is 1.99. The van der Waals surface area contributed by atoms with Gasteiger partial charge in [0.25, 0.3) is 0 Å². The van der Waals surface area contributed by atoms with Crippen LogP contribution >= 0.6 is 0 Å². The van der Waals surface area contributed by atoms with E-state index in [1.807, 2.05) is 0 Å². The van der Waals surface area contributed by atoms with E-state index in [1.54, 1.807) is 29.9 Å². The molecule has 3 rings (SSSR count). The number of carbonyl (C=O) groups is 1. The SMILES string of the molecule is CCOC(=O)C1(c2nnc3cnccn23)CC1. The molecule has 2 aromatic heterocycles. The maximum Gasteiger partial charge on any atom is 0.319 e. The largest absolute Gasteiger partial charge is 0.465 e. The molecule has 1 saturated carbocycles. The summed E-state index contributed by atoms with van der Waals surface area (Å²) in [4.78, 5) is 15.9. The van der Waals surface area contributed by atoms with Gasteiger partial charge in [-0.15, -0.1) is 10.2 Å². The Bertz CT molecular complexity index is 574. The van der Waals surface area contributed by atoms with Crippen LogP contribution in [0.1, 0.15) is 25.6 Å². The van der Waals surface area contributed by atoms with Crippen LogP contribution < -0.4 is 0 Å². The van der Waals surface area contributed by atoms with Gasteiger partial charge in [-0.2, -0.15) is 0 Å². The average molecular weight is 232 g/mol. The summed E-state index contributed by atoms with van der Waals surface area (Å²) in [5, 5.41) is 8.12. The van der Waals surface area contributed by atoms with Gasteiger partial charge in [0.1, 0.15) is 5.41 Å². The van der Waals surface area contributed by atoms with E-state index in [4.69, 9.17) is 4.74 Å². The van der Waals surface area contributed by atoms with Crippen LogP contribution in [0.4, 0.5) is 0 Å². The van der Waals surface area contributed by atoms with Gasteiger partial charge in [-0.05, 0) is 19.8 Å². The molecular weight excluding hydrogens is 220 g/mol. The summed E-state index contributed by atoms with van der Waals surface area (Å²) in [5.74, 6) is 0.458. The number of aromatic nitrogens is 4. The summed E-state index contributed by atoms with van der Waals surface area (Å²) in [6.07, 6.45) is 6.59. The van der Waals surface area contributed by atoms with Crippen molar-refractivity contribution >= 4 is 11.6 Å². The van der Waals surface area contributed by atoms with E-state index in [2.05, 4.69) is 15.2 Å². The maximum absolute atomic E-state index is 12.0. The molecule has 2 aromatic rings. The highest BCUT2D eigenvalue weighted by Gasteiger charge is 2.56. The Kier molecular flexibility index (Phi) is 2.10. The van der Waals surface area contributed by atoms with Gasteiger partial charge in [-0.1, -0.05) is 0 Å².